The van der Waals surface area contributed by atoms with Gasteiger partial charge in [-0.15, -0.1) is 0 Å². The van der Waals surface area contributed by atoms with Crippen LogP contribution in [0.4, 0.5) is 0 Å². The molecule has 128 valence electrons. The highest BCUT2D eigenvalue weighted by Crippen LogP contribution is 2.32. The van der Waals surface area contributed by atoms with E-state index in [4.69, 9.17) is 4.74 Å². The van der Waals surface area contributed by atoms with E-state index in [9.17, 15) is 5.11 Å². The molecule has 5 nitrogen and oxygen atoms in total. The molecule has 0 bridgehead atoms. The Bertz CT molecular complexity index is 658. The lowest BCUT2D eigenvalue weighted by Gasteiger charge is -2.39. The van der Waals surface area contributed by atoms with Gasteiger partial charge in [0, 0.05) is 42.5 Å². The molecule has 1 saturated carbocycles. The Balaban J connectivity index is 1.48. The van der Waals surface area contributed by atoms with Gasteiger partial charge < -0.3 is 14.8 Å². The van der Waals surface area contributed by atoms with Gasteiger partial charge in [-0.2, -0.15) is 0 Å². The summed E-state index contributed by atoms with van der Waals surface area (Å²) in [6.07, 6.45) is 4.90. The lowest BCUT2D eigenvalue weighted by atomic mass is 9.94. The van der Waals surface area contributed by atoms with Crippen molar-refractivity contribution in [3.05, 3.63) is 42.2 Å². The molecular formula is C19H25N3O2. The molecule has 0 spiro atoms. The van der Waals surface area contributed by atoms with Crippen LogP contribution in [-0.4, -0.2) is 51.9 Å². The molecule has 2 aliphatic rings. The summed E-state index contributed by atoms with van der Waals surface area (Å²) < 4.78 is 5.71. The number of hydrogen-bond donors (Lipinski definition) is 2. The first kappa shape index (κ1) is 15.8. The van der Waals surface area contributed by atoms with Gasteiger partial charge in [-0.25, -0.2) is 4.98 Å². The Labute approximate surface area is 142 Å². The summed E-state index contributed by atoms with van der Waals surface area (Å²) in [4.78, 5) is 10.4. The second-order valence-corrected chi connectivity index (χ2v) is 6.90. The largest absolute Gasteiger partial charge is 0.393 e. The molecule has 2 fully saturated rings. The maximum absolute atomic E-state index is 10.3. The Morgan fingerprint density at radius 2 is 2.12 bits per heavy atom. The second-order valence-electron chi connectivity index (χ2n) is 6.90. The maximum atomic E-state index is 10.3. The van der Waals surface area contributed by atoms with Gasteiger partial charge in [0.25, 0.3) is 0 Å². The first-order chi connectivity index (χ1) is 11.8. The number of imidazole rings is 1. The number of nitrogens with zero attached hydrogens (tertiary/aromatic N) is 2. The lowest BCUT2D eigenvalue weighted by molar-refractivity contribution is -0.0540. The average molecular weight is 327 g/mol. The summed E-state index contributed by atoms with van der Waals surface area (Å²) in [7, 11) is 0. The summed E-state index contributed by atoms with van der Waals surface area (Å²) in [5.74, 6) is 1.25. The van der Waals surface area contributed by atoms with Gasteiger partial charge >= 0.3 is 0 Å². The molecular weight excluding hydrogens is 302 g/mol. The molecule has 24 heavy (non-hydrogen) atoms. The van der Waals surface area contributed by atoms with Crippen molar-refractivity contribution in [2.45, 2.75) is 38.0 Å². The molecule has 1 saturated heterocycles. The van der Waals surface area contributed by atoms with Gasteiger partial charge in [-0.3, -0.25) is 4.90 Å². The fraction of sp³-hybridized carbons (Fsp3) is 0.526. The van der Waals surface area contributed by atoms with E-state index >= 15 is 0 Å². The van der Waals surface area contributed by atoms with E-state index in [-0.39, 0.29) is 6.10 Å². The number of aliphatic hydroxyl groups is 1. The van der Waals surface area contributed by atoms with Crippen LogP contribution >= 0.6 is 0 Å². The van der Waals surface area contributed by atoms with Gasteiger partial charge in [0.15, 0.2) is 0 Å². The third kappa shape index (κ3) is 3.24. The van der Waals surface area contributed by atoms with Crippen LogP contribution in [0.1, 0.15) is 25.0 Å². The molecule has 1 aromatic carbocycles. The molecule has 1 aliphatic carbocycles. The number of hydrogen-bond acceptors (Lipinski definition) is 4. The quantitative estimate of drug-likeness (QED) is 0.905. The zero-order valence-electron chi connectivity index (χ0n) is 13.9. The van der Waals surface area contributed by atoms with E-state index in [0.717, 1.165) is 62.6 Å². The van der Waals surface area contributed by atoms with E-state index < -0.39 is 0 Å². The second kappa shape index (κ2) is 7.05. The van der Waals surface area contributed by atoms with Gasteiger partial charge in [-0.05, 0) is 12.8 Å². The first-order valence-electron chi connectivity index (χ1n) is 8.90. The van der Waals surface area contributed by atoms with Gasteiger partial charge in [0.05, 0.1) is 19.3 Å². The summed E-state index contributed by atoms with van der Waals surface area (Å²) in [5.41, 5.74) is 2.22. The highest BCUT2D eigenvalue weighted by Gasteiger charge is 2.37. The highest BCUT2D eigenvalue weighted by atomic mass is 16.5. The van der Waals surface area contributed by atoms with Crippen molar-refractivity contribution < 1.29 is 9.84 Å². The Morgan fingerprint density at radius 1 is 1.25 bits per heavy atom. The van der Waals surface area contributed by atoms with E-state index in [2.05, 4.69) is 27.0 Å². The van der Waals surface area contributed by atoms with Crippen molar-refractivity contribution in [2.75, 3.05) is 19.8 Å². The molecule has 0 unspecified atom stereocenters. The van der Waals surface area contributed by atoms with Crippen molar-refractivity contribution in [3.63, 3.8) is 0 Å². The molecule has 0 amide bonds. The summed E-state index contributed by atoms with van der Waals surface area (Å²) in [6.45, 7) is 3.23. The molecule has 1 aliphatic heterocycles. The van der Waals surface area contributed by atoms with Crippen LogP contribution in [0.3, 0.4) is 0 Å². The van der Waals surface area contributed by atoms with Gasteiger partial charge in [0.1, 0.15) is 5.82 Å². The van der Waals surface area contributed by atoms with E-state index in [1.807, 2.05) is 24.4 Å². The zero-order chi connectivity index (χ0) is 16.4. The van der Waals surface area contributed by atoms with E-state index in [1.165, 1.54) is 0 Å². The smallest absolute Gasteiger partial charge is 0.137 e. The van der Waals surface area contributed by atoms with Crippen molar-refractivity contribution in [3.8, 4) is 11.4 Å². The molecule has 4 rings (SSSR count). The standard InChI is InChI=1S/C19H25N3O2/c23-18-8-4-7-16(18)17-13-24-10-9-22(17)12-15-11-20-19(21-15)14-5-2-1-3-6-14/h1-3,5-6,11,16-18,23H,4,7-10,12-13H2,(H,20,21)/t16-,17+,18+/m0/s1. The molecule has 2 heterocycles. The number of H-pyrrole nitrogens is 1. The normalized spacial score (nSPS) is 28.3. The molecule has 2 N–H and O–H groups in total. The number of morpholine rings is 1. The average Bonchev–Trinajstić information content (AvgIpc) is 3.25. The van der Waals surface area contributed by atoms with Crippen LogP contribution in [0.25, 0.3) is 11.4 Å². The molecule has 1 aromatic heterocycles. The minimum Gasteiger partial charge on any atom is -0.393 e. The number of aromatic nitrogens is 2. The lowest BCUT2D eigenvalue weighted by Crippen LogP contribution is -2.50. The molecule has 2 aromatic rings. The van der Waals surface area contributed by atoms with Gasteiger partial charge in [0.2, 0.25) is 0 Å². The SMILES string of the molecule is O[C@@H]1CCC[C@H]1[C@H]1COCCN1Cc1cnc(-c2ccccc2)[nH]1. The predicted octanol–water partition coefficient (Wildman–Crippen LogP) is 2.44. The molecule has 0 radical (unpaired) electrons. The molecule has 5 heteroatoms. The monoisotopic (exact) mass is 327 g/mol. The van der Waals surface area contributed by atoms with E-state index in [1.54, 1.807) is 0 Å². The van der Waals surface area contributed by atoms with Crippen LogP contribution in [0, 0.1) is 5.92 Å². The third-order valence-corrected chi connectivity index (χ3v) is 5.36. The van der Waals surface area contributed by atoms with Crippen molar-refractivity contribution in [1.29, 1.82) is 0 Å². The van der Waals surface area contributed by atoms with Crippen LogP contribution in [0.15, 0.2) is 36.5 Å². The Hall–Kier alpha value is -1.69. The molecule has 3 atom stereocenters. The zero-order valence-corrected chi connectivity index (χ0v) is 13.9. The van der Waals surface area contributed by atoms with Crippen molar-refractivity contribution in [2.24, 2.45) is 5.92 Å². The van der Waals surface area contributed by atoms with Crippen LogP contribution < -0.4 is 0 Å². The third-order valence-electron chi connectivity index (χ3n) is 5.36. The van der Waals surface area contributed by atoms with Crippen LogP contribution in [0.5, 0.6) is 0 Å². The number of ether oxygens (including phenoxy) is 1. The topological polar surface area (TPSA) is 61.4 Å². The number of aromatic amines is 1. The number of benzene rings is 1. The van der Waals surface area contributed by atoms with Crippen LogP contribution in [0.2, 0.25) is 0 Å². The van der Waals surface area contributed by atoms with Crippen molar-refractivity contribution >= 4 is 0 Å². The summed E-state index contributed by atoms with van der Waals surface area (Å²) in [6, 6.07) is 10.5. The number of rotatable bonds is 4. The fourth-order valence-corrected chi connectivity index (χ4v) is 4.07. The maximum Gasteiger partial charge on any atom is 0.137 e. The minimum absolute atomic E-state index is 0.180. The van der Waals surface area contributed by atoms with Gasteiger partial charge in [-0.1, -0.05) is 36.8 Å². The Morgan fingerprint density at radius 3 is 2.92 bits per heavy atom. The first-order valence-corrected chi connectivity index (χ1v) is 8.90. The fourth-order valence-electron chi connectivity index (χ4n) is 4.07. The highest BCUT2D eigenvalue weighted by molar-refractivity contribution is 5.54. The summed E-state index contributed by atoms with van der Waals surface area (Å²) in [5, 5.41) is 10.3. The predicted molar refractivity (Wildman–Crippen MR) is 92.4 cm³/mol. The number of aliphatic hydroxyl groups excluding tert-OH is 1. The van der Waals surface area contributed by atoms with Crippen molar-refractivity contribution in [1.82, 2.24) is 14.9 Å². The van der Waals surface area contributed by atoms with Crippen LogP contribution in [-0.2, 0) is 11.3 Å². The Kier molecular flexibility index (Phi) is 4.65. The summed E-state index contributed by atoms with van der Waals surface area (Å²) >= 11 is 0. The van der Waals surface area contributed by atoms with E-state index in [0.29, 0.717) is 12.0 Å². The number of nitrogens with one attached hydrogen (secondary N) is 1. The minimum atomic E-state index is -0.180.